The topological polar surface area (TPSA) is 72.3 Å². The number of benzene rings is 1. The number of aromatic nitrogens is 3. The fourth-order valence-corrected chi connectivity index (χ4v) is 2.42. The van der Waals surface area contributed by atoms with Crippen LogP contribution in [0.1, 0.15) is 22.5 Å². The average molecular weight is 352 g/mol. The highest BCUT2D eigenvalue weighted by Gasteiger charge is 2.20. The maximum Gasteiger partial charge on any atom is 0.277 e. The van der Waals surface area contributed by atoms with Gasteiger partial charge in [0.15, 0.2) is 0 Å². The van der Waals surface area contributed by atoms with Crippen LogP contribution >= 0.6 is 11.6 Å². The van der Waals surface area contributed by atoms with Crippen LogP contribution in [-0.4, -0.2) is 60.1 Å². The molecule has 1 amide bonds. The van der Waals surface area contributed by atoms with Crippen molar-refractivity contribution in [3.8, 4) is 5.88 Å². The third kappa shape index (κ3) is 4.69. The van der Waals surface area contributed by atoms with E-state index in [9.17, 15) is 4.79 Å². The molecule has 0 fully saturated rings. The zero-order chi connectivity index (χ0) is 17.5. The quantitative estimate of drug-likeness (QED) is 0.732. The Kier molecular flexibility index (Phi) is 6.57. The maximum atomic E-state index is 12.3. The zero-order valence-corrected chi connectivity index (χ0v) is 14.9. The molecule has 0 radical (unpaired) electrons. The van der Waals surface area contributed by atoms with Crippen LogP contribution in [0, 0.1) is 0 Å². The summed E-state index contributed by atoms with van der Waals surface area (Å²) in [6, 6.07) is 7.45. The van der Waals surface area contributed by atoms with Crippen LogP contribution in [0.5, 0.6) is 5.88 Å². The van der Waals surface area contributed by atoms with E-state index >= 15 is 0 Å². The highest BCUT2D eigenvalue weighted by molar-refractivity contribution is 6.31. The minimum atomic E-state index is -0.295. The van der Waals surface area contributed by atoms with Crippen LogP contribution < -0.4 is 10.1 Å². The summed E-state index contributed by atoms with van der Waals surface area (Å²) in [5, 5.41) is 11.4. The first kappa shape index (κ1) is 18.2. The van der Waals surface area contributed by atoms with Gasteiger partial charge in [0.05, 0.1) is 13.7 Å². The third-order valence-corrected chi connectivity index (χ3v) is 3.81. The Hall–Kier alpha value is -2.12. The molecule has 1 heterocycles. The molecule has 24 heavy (non-hydrogen) atoms. The lowest BCUT2D eigenvalue weighted by atomic mass is 10.2. The van der Waals surface area contributed by atoms with E-state index in [2.05, 4.69) is 20.5 Å². The third-order valence-electron chi connectivity index (χ3n) is 3.44. The fraction of sp³-hybridized carbons (Fsp3) is 0.438. The summed E-state index contributed by atoms with van der Waals surface area (Å²) >= 11 is 6.16. The minimum absolute atomic E-state index is 0.175. The van der Waals surface area contributed by atoms with Crippen LogP contribution in [0.3, 0.4) is 0 Å². The Morgan fingerprint density at radius 1 is 1.38 bits per heavy atom. The molecule has 0 aliphatic heterocycles. The number of carbonyl (C=O) groups excluding carboxylic acids is 1. The number of amides is 1. The first-order valence-corrected chi connectivity index (χ1v) is 8.04. The Bertz CT molecular complexity index is 687. The van der Waals surface area contributed by atoms with Gasteiger partial charge < -0.3 is 15.0 Å². The van der Waals surface area contributed by atoms with E-state index in [1.807, 2.05) is 32.3 Å². The normalized spacial score (nSPS) is 10.9. The average Bonchev–Trinajstić information content (AvgIpc) is 2.96. The first-order valence-electron chi connectivity index (χ1n) is 7.66. The molecule has 0 bridgehead atoms. The lowest BCUT2D eigenvalue weighted by Gasteiger charge is -2.10. The molecule has 0 aliphatic carbocycles. The van der Waals surface area contributed by atoms with Gasteiger partial charge in [0, 0.05) is 11.6 Å². The van der Waals surface area contributed by atoms with Gasteiger partial charge in [-0.25, -0.2) is 4.68 Å². The van der Waals surface area contributed by atoms with E-state index in [1.165, 1.54) is 11.8 Å². The number of halogens is 1. The summed E-state index contributed by atoms with van der Waals surface area (Å²) in [6.07, 6.45) is 0.856. The van der Waals surface area contributed by atoms with Crippen LogP contribution in [0.2, 0.25) is 5.02 Å². The Morgan fingerprint density at radius 3 is 2.79 bits per heavy atom. The molecule has 7 nitrogen and oxygen atoms in total. The largest absolute Gasteiger partial charge is 0.479 e. The van der Waals surface area contributed by atoms with Crippen molar-refractivity contribution in [3.63, 3.8) is 0 Å². The molecule has 0 spiro atoms. The van der Waals surface area contributed by atoms with E-state index < -0.39 is 0 Å². The molecule has 1 N–H and O–H groups in total. The molecule has 0 unspecified atom stereocenters. The van der Waals surface area contributed by atoms with Gasteiger partial charge >= 0.3 is 0 Å². The van der Waals surface area contributed by atoms with Gasteiger partial charge in [0.25, 0.3) is 5.91 Å². The van der Waals surface area contributed by atoms with Gasteiger partial charge in [0.2, 0.25) is 11.6 Å². The van der Waals surface area contributed by atoms with Gasteiger partial charge in [0.1, 0.15) is 0 Å². The van der Waals surface area contributed by atoms with E-state index in [1.54, 1.807) is 6.07 Å². The molecule has 0 atom stereocenters. The molecule has 1 aromatic carbocycles. The Morgan fingerprint density at radius 2 is 2.12 bits per heavy atom. The van der Waals surface area contributed by atoms with E-state index in [0.29, 0.717) is 24.0 Å². The molecule has 0 saturated heterocycles. The number of ether oxygens (including phenoxy) is 1. The Balaban J connectivity index is 2.06. The van der Waals surface area contributed by atoms with Gasteiger partial charge in [-0.3, -0.25) is 4.79 Å². The summed E-state index contributed by atoms with van der Waals surface area (Å²) in [4.78, 5) is 14.3. The molecule has 0 aliphatic rings. The molecule has 8 heteroatoms. The predicted molar refractivity (Wildman–Crippen MR) is 92.6 cm³/mol. The number of nitrogens with one attached hydrogen (secondary N) is 1. The summed E-state index contributed by atoms with van der Waals surface area (Å²) in [6.45, 7) is 1.85. The summed E-state index contributed by atoms with van der Waals surface area (Å²) in [7, 11) is 5.47. The Labute approximate surface area is 146 Å². The molecule has 130 valence electrons. The fourth-order valence-electron chi connectivity index (χ4n) is 2.22. The second kappa shape index (κ2) is 8.65. The van der Waals surface area contributed by atoms with Crippen molar-refractivity contribution in [1.29, 1.82) is 0 Å². The highest BCUT2D eigenvalue weighted by atomic mass is 35.5. The van der Waals surface area contributed by atoms with Crippen LogP contribution in [0.25, 0.3) is 0 Å². The van der Waals surface area contributed by atoms with Gasteiger partial charge in [-0.15, -0.1) is 5.10 Å². The van der Waals surface area contributed by atoms with Gasteiger partial charge in [-0.05, 0) is 38.7 Å². The summed E-state index contributed by atoms with van der Waals surface area (Å²) in [5.41, 5.74) is 1.05. The molecule has 2 aromatic rings. The lowest BCUT2D eigenvalue weighted by Crippen LogP contribution is -2.27. The molecular weight excluding hydrogens is 330 g/mol. The summed E-state index contributed by atoms with van der Waals surface area (Å²) in [5.74, 6) is 0.0241. The number of methoxy groups -OCH3 is 1. The van der Waals surface area contributed by atoms with Crippen molar-refractivity contribution in [2.24, 2.45) is 0 Å². The van der Waals surface area contributed by atoms with Crippen LogP contribution in [-0.2, 0) is 6.54 Å². The van der Waals surface area contributed by atoms with Crippen molar-refractivity contribution in [3.05, 3.63) is 40.5 Å². The molecule has 0 saturated carbocycles. The van der Waals surface area contributed by atoms with Crippen molar-refractivity contribution in [2.45, 2.75) is 13.0 Å². The number of nitrogens with zero attached hydrogens (tertiary/aromatic N) is 4. The number of rotatable bonds is 8. The minimum Gasteiger partial charge on any atom is -0.479 e. The molecule has 1 aromatic heterocycles. The van der Waals surface area contributed by atoms with E-state index in [0.717, 1.165) is 18.5 Å². The standard InChI is InChI=1S/C16H22ClN5O2/c1-21(2)10-6-9-18-15(23)14-16(24-3)22(20-19-14)11-12-7-4-5-8-13(12)17/h4-5,7-8H,6,9-11H2,1-3H3,(H,18,23). The lowest BCUT2D eigenvalue weighted by molar-refractivity contribution is 0.0944. The SMILES string of the molecule is COc1c(C(=O)NCCCN(C)C)nnn1Cc1ccccc1Cl. The van der Waals surface area contributed by atoms with Crippen molar-refractivity contribution in [1.82, 2.24) is 25.2 Å². The van der Waals surface area contributed by atoms with E-state index in [4.69, 9.17) is 16.3 Å². The molecule has 2 rings (SSSR count). The van der Waals surface area contributed by atoms with Crippen molar-refractivity contribution >= 4 is 17.5 Å². The van der Waals surface area contributed by atoms with Gasteiger partial charge in [-0.2, -0.15) is 0 Å². The number of carbonyl (C=O) groups is 1. The smallest absolute Gasteiger partial charge is 0.277 e. The predicted octanol–water partition coefficient (Wildman–Crippen LogP) is 1.67. The second-order valence-electron chi connectivity index (χ2n) is 5.61. The van der Waals surface area contributed by atoms with Crippen LogP contribution in [0.15, 0.2) is 24.3 Å². The van der Waals surface area contributed by atoms with E-state index in [-0.39, 0.29) is 11.6 Å². The van der Waals surface area contributed by atoms with Crippen LogP contribution in [0.4, 0.5) is 0 Å². The molecular formula is C16H22ClN5O2. The van der Waals surface area contributed by atoms with Gasteiger partial charge in [-0.1, -0.05) is 35.0 Å². The zero-order valence-electron chi connectivity index (χ0n) is 14.1. The monoisotopic (exact) mass is 351 g/mol. The maximum absolute atomic E-state index is 12.3. The number of hydrogen-bond acceptors (Lipinski definition) is 5. The summed E-state index contributed by atoms with van der Waals surface area (Å²) < 4.78 is 6.84. The first-order chi connectivity index (χ1) is 11.5. The second-order valence-corrected chi connectivity index (χ2v) is 6.02. The van der Waals surface area contributed by atoms with Crippen molar-refractivity contribution in [2.75, 3.05) is 34.3 Å². The van der Waals surface area contributed by atoms with Crippen molar-refractivity contribution < 1.29 is 9.53 Å². The number of hydrogen-bond donors (Lipinski definition) is 1. The highest BCUT2D eigenvalue weighted by Crippen LogP contribution is 2.20.